The zero-order valence-corrected chi connectivity index (χ0v) is 8.53. The van der Waals surface area contributed by atoms with Crippen molar-refractivity contribution in [3.8, 4) is 0 Å². The van der Waals surface area contributed by atoms with E-state index in [4.69, 9.17) is 5.73 Å². The molecule has 0 aromatic heterocycles. The molecule has 4 heteroatoms. The molecule has 0 aromatic rings. The first kappa shape index (κ1) is 8.73. The molecule has 4 nitrogen and oxygen atoms in total. The number of allylic oxidation sites excluding steroid dienone is 4. The third-order valence-corrected chi connectivity index (χ3v) is 3.09. The van der Waals surface area contributed by atoms with Gasteiger partial charge in [-0.1, -0.05) is 6.08 Å². The van der Waals surface area contributed by atoms with Crippen LogP contribution in [0.1, 0.15) is 0 Å². The number of rotatable bonds is 0. The molecule has 0 bridgehead atoms. The third-order valence-electron chi connectivity index (χ3n) is 3.09. The van der Waals surface area contributed by atoms with Gasteiger partial charge >= 0.3 is 0 Å². The van der Waals surface area contributed by atoms with E-state index >= 15 is 0 Å². The zero-order valence-electron chi connectivity index (χ0n) is 8.53. The number of fused-ring (bicyclic) bond motifs is 2. The molecule has 2 atom stereocenters. The second kappa shape index (κ2) is 2.73. The Morgan fingerprint density at radius 1 is 1.53 bits per heavy atom. The first-order valence-corrected chi connectivity index (χ1v) is 5.09. The van der Waals surface area contributed by atoms with Gasteiger partial charge in [-0.15, -0.1) is 0 Å². The van der Waals surface area contributed by atoms with Crippen LogP contribution in [0.3, 0.4) is 0 Å². The van der Waals surface area contributed by atoms with Gasteiger partial charge in [-0.3, -0.25) is 4.79 Å². The van der Waals surface area contributed by atoms with Crippen molar-refractivity contribution < 1.29 is 4.79 Å². The predicted molar refractivity (Wildman–Crippen MR) is 56.5 cm³/mol. The molecule has 1 heterocycles. The van der Waals surface area contributed by atoms with Crippen molar-refractivity contribution in [3.05, 3.63) is 35.2 Å². The van der Waals surface area contributed by atoms with E-state index in [-0.39, 0.29) is 5.91 Å². The van der Waals surface area contributed by atoms with Crippen LogP contribution in [0.2, 0.25) is 0 Å². The van der Waals surface area contributed by atoms with Crippen LogP contribution in [-0.4, -0.2) is 30.4 Å². The standard InChI is InChI=1S/C11H13N3O/c1-14-10-4-7-2-6(7)3-9(10)13-5-8(12)11(14)15/h2-4,6,8,13H,5,12H2,1H3/t6-,8-/m0/s1. The summed E-state index contributed by atoms with van der Waals surface area (Å²) in [4.78, 5) is 13.4. The average Bonchev–Trinajstić information content (AvgIpc) is 2.99. The van der Waals surface area contributed by atoms with E-state index < -0.39 is 6.04 Å². The zero-order chi connectivity index (χ0) is 10.6. The molecule has 78 valence electrons. The summed E-state index contributed by atoms with van der Waals surface area (Å²) in [5, 5.41) is 3.22. The van der Waals surface area contributed by atoms with Gasteiger partial charge in [0.25, 0.3) is 0 Å². The largest absolute Gasteiger partial charge is 0.381 e. The molecule has 2 aliphatic carbocycles. The summed E-state index contributed by atoms with van der Waals surface area (Å²) in [6.07, 6.45) is 6.38. The van der Waals surface area contributed by atoms with Crippen molar-refractivity contribution in [2.45, 2.75) is 6.04 Å². The van der Waals surface area contributed by atoms with E-state index in [0.717, 1.165) is 11.4 Å². The maximum Gasteiger partial charge on any atom is 0.245 e. The first-order valence-electron chi connectivity index (χ1n) is 5.09. The highest BCUT2D eigenvalue weighted by Crippen LogP contribution is 2.39. The summed E-state index contributed by atoms with van der Waals surface area (Å²) in [5.41, 5.74) is 9.01. The van der Waals surface area contributed by atoms with Crippen LogP contribution >= 0.6 is 0 Å². The molecule has 0 radical (unpaired) electrons. The molecule has 1 fully saturated rings. The second-order valence-corrected chi connectivity index (χ2v) is 4.19. The molecule has 1 amide bonds. The Balaban J connectivity index is 2.01. The number of likely N-dealkylation sites (N-methyl/N-ethyl adjacent to an activating group) is 1. The highest BCUT2D eigenvalue weighted by molar-refractivity contribution is 5.85. The molecule has 3 rings (SSSR count). The van der Waals surface area contributed by atoms with E-state index in [9.17, 15) is 4.79 Å². The fourth-order valence-electron chi connectivity index (χ4n) is 2.05. The summed E-state index contributed by atoms with van der Waals surface area (Å²) in [6.45, 7) is 0.508. The fraction of sp³-hybridized carbons (Fsp3) is 0.364. The van der Waals surface area contributed by atoms with Crippen LogP contribution in [0.15, 0.2) is 35.2 Å². The van der Waals surface area contributed by atoms with Crippen LogP contribution in [0.5, 0.6) is 0 Å². The smallest absolute Gasteiger partial charge is 0.245 e. The number of nitrogens with zero attached hydrogens (tertiary/aromatic N) is 1. The molecule has 1 saturated heterocycles. The lowest BCUT2D eigenvalue weighted by atomic mass is 10.1. The third kappa shape index (κ3) is 1.22. The van der Waals surface area contributed by atoms with E-state index in [1.54, 1.807) is 11.9 Å². The molecule has 3 aliphatic rings. The van der Waals surface area contributed by atoms with Gasteiger partial charge in [0.15, 0.2) is 0 Å². The summed E-state index contributed by atoms with van der Waals surface area (Å²) in [5.74, 6) is 0.450. The molecule has 1 aliphatic heterocycles. The van der Waals surface area contributed by atoms with Gasteiger partial charge in [-0.2, -0.15) is 0 Å². The van der Waals surface area contributed by atoms with Crippen molar-refractivity contribution in [3.63, 3.8) is 0 Å². The topological polar surface area (TPSA) is 58.4 Å². The number of nitrogens with two attached hydrogens (primary N) is 1. The van der Waals surface area contributed by atoms with Crippen molar-refractivity contribution >= 4 is 5.91 Å². The van der Waals surface area contributed by atoms with Crippen molar-refractivity contribution in [2.24, 2.45) is 11.7 Å². The normalized spacial score (nSPS) is 32.8. The number of hydrogen-bond donors (Lipinski definition) is 2. The second-order valence-electron chi connectivity index (χ2n) is 4.19. The van der Waals surface area contributed by atoms with Gasteiger partial charge in [0.05, 0.1) is 11.4 Å². The number of carbonyl (C=O) groups is 1. The van der Waals surface area contributed by atoms with Crippen molar-refractivity contribution in [1.82, 2.24) is 10.2 Å². The van der Waals surface area contributed by atoms with Crippen molar-refractivity contribution in [2.75, 3.05) is 13.6 Å². The molecule has 0 spiro atoms. The van der Waals surface area contributed by atoms with Crippen molar-refractivity contribution in [1.29, 1.82) is 0 Å². The minimum Gasteiger partial charge on any atom is -0.381 e. The number of hydrogen-bond acceptors (Lipinski definition) is 3. The maximum atomic E-state index is 11.8. The van der Waals surface area contributed by atoms with Crippen LogP contribution in [0, 0.1) is 5.92 Å². The lowest BCUT2D eigenvalue weighted by Gasteiger charge is -2.22. The summed E-state index contributed by atoms with van der Waals surface area (Å²) >= 11 is 0. The van der Waals surface area contributed by atoms with E-state index in [1.165, 1.54) is 5.57 Å². The van der Waals surface area contributed by atoms with E-state index in [2.05, 4.69) is 23.5 Å². The molecule has 0 unspecified atom stereocenters. The number of nitrogens with one attached hydrogen (secondary N) is 1. The Morgan fingerprint density at radius 2 is 2.33 bits per heavy atom. The van der Waals surface area contributed by atoms with Gasteiger partial charge < -0.3 is 16.0 Å². The Kier molecular flexibility index (Phi) is 1.59. The highest BCUT2D eigenvalue weighted by Gasteiger charge is 2.33. The predicted octanol–water partition coefficient (Wildman–Crippen LogP) is -0.287. The lowest BCUT2D eigenvalue weighted by Crippen LogP contribution is -2.42. The molecule has 15 heavy (non-hydrogen) atoms. The maximum absolute atomic E-state index is 11.8. The van der Waals surface area contributed by atoms with Gasteiger partial charge in [0.2, 0.25) is 5.91 Å². The van der Waals surface area contributed by atoms with Gasteiger partial charge in [-0.05, 0) is 17.7 Å². The van der Waals surface area contributed by atoms with Gasteiger partial charge in [-0.25, -0.2) is 0 Å². The number of amides is 1. The van der Waals surface area contributed by atoms with Crippen LogP contribution in [0.4, 0.5) is 0 Å². The van der Waals surface area contributed by atoms with Crippen LogP contribution < -0.4 is 11.1 Å². The molecule has 0 aromatic carbocycles. The Labute approximate surface area is 88.1 Å². The molecular formula is C11H13N3O. The quantitative estimate of drug-likeness (QED) is 0.569. The van der Waals surface area contributed by atoms with Crippen LogP contribution in [0.25, 0.3) is 0 Å². The highest BCUT2D eigenvalue weighted by atomic mass is 16.2. The fourth-order valence-corrected chi connectivity index (χ4v) is 2.05. The molecule has 3 N–H and O–H groups in total. The SMILES string of the molecule is CN1C(=O)[C@@H](N)CNC2=C[C@@H]3C=C3C=C21. The number of carbonyl (C=O) groups excluding carboxylic acids is 1. The van der Waals surface area contributed by atoms with Gasteiger partial charge in [0.1, 0.15) is 6.04 Å². The monoisotopic (exact) mass is 203 g/mol. The van der Waals surface area contributed by atoms with E-state index in [1.807, 2.05) is 0 Å². The van der Waals surface area contributed by atoms with Crippen LogP contribution in [-0.2, 0) is 4.79 Å². The Morgan fingerprint density at radius 3 is 3.13 bits per heavy atom. The average molecular weight is 203 g/mol. The first-order chi connectivity index (χ1) is 7.16. The van der Waals surface area contributed by atoms with Gasteiger partial charge in [0, 0.05) is 19.5 Å². The lowest BCUT2D eigenvalue weighted by molar-refractivity contribution is -0.128. The van der Waals surface area contributed by atoms with E-state index in [0.29, 0.717) is 12.5 Å². The minimum atomic E-state index is -0.451. The molecule has 0 saturated carbocycles. The molecular weight excluding hydrogens is 190 g/mol. The summed E-state index contributed by atoms with van der Waals surface area (Å²) in [6, 6.07) is -0.451. The summed E-state index contributed by atoms with van der Waals surface area (Å²) < 4.78 is 0. The Hall–Kier alpha value is -1.55. The summed E-state index contributed by atoms with van der Waals surface area (Å²) in [7, 11) is 1.78. The Bertz CT molecular complexity index is 433. The minimum absolute atomic E-state index is 0.0307.